The minimum atomic E-state index is -3.83. The molecule has 0 radical (unpaired) electrons. The maximum absolute atomic E-state index is 13.0. The van der Waals surface area contributed by atoms with Gasteiger partial charge in [0.2, 0.25) is 10.0 Å². The zero-order valence-corrected chi connectivity index (χ0v) is 16.7. The highest BCUT2D eigenvalue weighted by Gasteiger charge is 2.30. The van der Waals surface area contributed by atoms with E-state index in [1.165, 1.54) is 29.6 Å². The Morgan fingerprint density at radius 2 is 1.90 bits per heavy atom. The van der Waals surface area contributed by atoms with E-state index in [0.29, 0.717) is 18.9 Å². The van der Waals surface area contributed by atoms with Crippen LogP contribution in [0.15, 0.2) is 47.4 Å². The number of hydrogen-bond donors (Lipinski definition) is 1. The van der Waals surface area contributed by atoms with Crippen LogP contribution in [-0.4, -0.2) is 52.0 Å². The molecule has 1 heterocycles. The summed E-state index contributed by atoms with van der Waals surface area (Å²) in [6, 6.07) is 13.3. The molecule has 0 bridgehead atoms. The van der Waals surface area contributed by atoms with Gasteiger partial charge in [-0.3, -0.25) is 4.79 Å². The number of anilines is 1. The Kier molecular flexibility index (Phi) is 6.49. The summed E-state index contributed by atoms with van der Waals surface area (Å²) in [5, 5.41) is 11.5. The summed E-state index contributed by atoms with van der Waals surface area (Å²) in [5.74, 6) is -0.270. The molecule has 0 spiro atoms. The Labute approximate surface area is 169 Å². The molecule has 29 heavy (non-hydrogen) atoms. The van der Waals surface area contributed by atoms with Gasteiger partial charge in [0.25, 0.3) is 5.91 Å². The summed E-state index contributed by atoms with van der Waals surface area (Å²) in [7, 11) is -2.44. The highest BCUT2D eigenvalue weighted by Crippen LogP contribution is 2.28. The van der Waals surface area contributed by atoms with E-state index in [1.54, 1.807) is 24.3 Å². The summed E-state index contributed by atoms with van der Waals surface area (Å²) < 4.78 is 37.8. The quantitative estimate of drug-likeness (QED) is 0.773. The smallest absolute Gasteiger partial charge is 0.255 e. The van der Waals surface area contributed by atoms with E-state index in [0.717, 1.165) is 5.56 Å². The Bertz CT molecular complexity index is 1020. The Balaban J connectivity index is 1.85. The van der Waals surface area contributed by atoms with Crippen LogP contribution in [-0.2, 0) is 21.2 Å². The van der Waals surface area contributed by atoms with Gasteiger partial charge in [0.15, 0.2) is 0 Å². The molecule has 2 aromatic rings. The standard InChI is InChI=1S/C20H21N3O5S/c1-27-18-7-4-16(14-19(18)29(25,26)23-10-12-28-13-11-23)20(24)22-17-5-2-15(3-6-17)8-9-21/h2-7,14H,8,10-13H2,1H3,(H,22,24). The third-order valence-corrected chi connectivity index (χ3v) is 6.43. The topological polar surface area (TPSA) is 109 Å². The Morgan fingerprint density at radius 3 is 2.52 bits per heavy atom. The molecule has 152 valence electrons. The van der Waals surface area contributed by atoms with Crippen LogP contribution in [0.1, 0.15) is 15.9 Å². The fraction of sp³-hybridized carbons (Fsp3) is 0.300. The molecule has 1 fully saturated rings. The van der Waals surface area contributed by atoms with E-state index in [2.05, 4.69) is 11.4 Å². The molecule has 0 saturated carbocycles. The monoisotopic (exact) mass is 415 g/mol. The lowest BCUT2D eigenvalue weighted by molar-refractivity contribution is 0.0729. The van der Waals surface area contributed by atoms with Gasteiger partial charge in [0.05, 0.1) is 32.8 Å². The molecule has 9 heteroatoms. The second-order valence-corrected chi connectivity index (χ2v) is 8.27. The maximum atomic E-state index is 13.0. The molecular formula is C20H21N3O5S. The fourth-order valence-electron chi connectivity index (χ4n) is 2.95. The van der Waals surface area contributed by atoms with Crippen molar-refractivity contribution in [1.29, 1.82) is 5.26 Å². The van der Waals surface area contributed by atoms with E-state index in [-0.39, 0.29) is 35.7 Å². The van der Waals surface area contributed by atoms with Crippen molar-refractivity contribution in [3.63, 3.8) is 0 Å². The first-order chi connectivity index (χ1) is 14.0. The largest absolute Gasteiger partial charge is 0.495 e. The number of methoxy groups -OCH3 is 1. The summed E-state index contributed by atoms with van der Waals surface area (Å²) in [6.07, 6.45) is 0.287. The first-order valence-electron chi connectivity index (χ1n) is 8.99. The number of morpholine rings is 1. The van der Waals surface area contributed by atoms with Gasteiger partial charge in [-0.25, -0.2) is 8.42 Å². The van der Waals surface area contributed by atoms with Crippen molar-refractivity contribution in [2.45, 2.75) is 11.3 Å². The van der Waals surface area contributed by atoms with Gasteiger partial charge in [-0.05, 0) is 35.9 Å². The molecule has 1 aliphatic heterocycles. The molecule has 1 aliphatic rings. The molecule has 0 unspecified atom stereocenters. The minimum absolute atomic E-state index is 0.0566. The fourth-order valence-corrected chi connectivity index (χ4v) is 4.54. The van der Waals surface area contributed by atoms with Crippen molar-refractivity contribution in [3.05, 3.63) is 53.6 Å². The molecule has 2 aromatic carbocycles. The van der Waals surface area contributed by atoms with Gasteiger partial charge in [0, 0.05) is 24.3 Å². The van der Waals surface area contributed by atoms with Crippen LogP contribution in [0, 0.1) is 11.3 Å². The predicted molar refractivity (Wildman–Crippen MR) is 106 cm³/mol. The lowest BCUT2D eigenvalue weighted by Gasteiger charge is -2.26. The summed E-state index contributed by atoms with van der Waals surface area (Å²) in [6.45, 7) is 1.14. The lowest BCUT2D eigenvalue weighted by atomic mass is 10.1. The molecule has 1 N–H and O–H groups in total. The Hall–Kier alpha value is -2.93. The van der Waals surface area contributed by atoms with Crippen LogP contribution in [0.3, 0.4) is 0 Å². The number of hydrogen-bond acceptors (Lipinski definition) is 6. The average Bonchev–Trinajstić information content (AvgIpc) is 2.75. The number of nitrogens with zero attached hydrogens (tertiary/aromatic N) is 2. The van der Waals surface area contributed by atoms with Crippen molar-refractivity contribution in [3.8, 4) is 11.8 Å². The number of rotatable bonds is 6. The zero-order chi connectivity index (χ0) is 20.9. The number of nitriles is 1. The normalized spacial score (nSPS) is 14.8. The first-order valence-corrected chi connectivity index (χ1v) is 10.4. The second kappa shape index (κ2) is 9.05. The number of nitrogens with one attached hydrogen (secondary N) is 1. The summed E-state index contributed by atoms with van der Waals surface area (Å²) in [5.41, 5.74) is 1.58. The van der Waals surface area contributed by atoms with Crippen LogP contribution < -0.4 is 10.1 Å². The number of carbonyl (C=O) groups excluding carboxylic acids is 1. The van der Waals surface area contributed by atoms with Crippen molar-refractivity contribution < 1.29 is 22.7 Å². The molecular weight excluding hydrogens is 394 g/mol. The van der Waals surface area contributed by atoms with E-state index in [1.807, 2.05) is 0 Å². The van der Waals surface area contributed by atoms with Crippen LogP contribution in [0.25, 0.3) is 0 Å². The molecule has 1 saturated heterocycles. The molecule has 8 nitrogen and oxygen atoms in total. The van der Waals surface area contributed by atoms with Crippen molar-refractivity contribution in [2.24, 2.45) is 0 Å². The number of benzene rings is 2. The number of ether oxygens (including phenoxy) is 2. The van der Waals surface area contributed by atoms with Gasteiger partial charge >= 0.3 is 0 Å². The van der Waals surface area contributed by atoms with Crippen LogP contribution in [0.2, 0.25) is 0 Å². The van der Waals surface area contributed by atoms with Gasteiger partial charge in [-0.2, -0.15) is 9.57 Å². The lowest BCUT2D eigenvalue weighted by Crippen LogP contribution is -2.40. The van der Waals surface area contributed by atoms with Crippen molar-refractivity contribution >= 4 is 21.6 Å². The van der Waals surface area contributed by atoms with Gasteiger partial charge in [-0.15, -0.1) is 0 Å². The summed E-state index contributed by atoms with van der Waals surface area (Å²) >= 11 is 0. The average molecular weight is 415 g/mol. The van der Waals surface area contributed by atoms with Crippen molar-refractivity contribution in [2.75, 3.05) is 38.7 Å². The van der Waals surface area contributed by atoms with Gasteiger partial charge in [0.1, 0.15) is 10.6 Å². The summed E-state index contributed by atoms with van der Waals surface area (Å²) in [4.78, 5) is 12.6. The molecule has 0 atom stereocenters. The van der Waals surface area contributed by atoms with Crippen LogP contribution in [0.5, 0.6) is 5.75 Å². The van der Waals surface area contributed by atoms with E-state index < -0.39 is 15.9 Å². The molecule has 1 amide bonds. The zero-order valence-electron chi connectivity index (χ0n) is 15.9. The highest BCUT2D eigenvalue weighted by atomic mass is 32.2. The second-order valence-electron chi connectivity index (χ2n) is 6.37. The SMILES string of the molecule is COc1ccc(C(=O)Nc2ccc(CC#N)cc2)cc1S(=O)(=O)N1CCOCC1. The molecule has 0 aliphatic carbocycles. The van der Waals surface area contributed by atoms with E-state index in [4.69, 9.17) is 14.7 Å². The molecule has 3 rings (SSSR count). The minimum Gasteiger partial charge on any atom is -0.495 e. The van der Waals surface area contributed by atoms with E-state index in [9.17, 15) is 13.2 Å². The number of carbonyl (C=O) groups is 1. The van der Waals surface area contributed by atoms with Gasteiger partial charge < -0.3 is 14.8 Å². The van der Waals surface area contributed by atoms with E-state index >= 15 is 0 Å². The first kappa shape index (κ1) is 20.8. The van der Waals surface area contributed by atoms with Gasteiger partial charge in [-0.1, -0.05) is 12.1 Å². The maximum Gasteiger partial charge on any atom is 0.255 e. The highest BCUT2D eigenvalue weighted by molar-refractivity contribution is 7.89. The number of sulfonamides is 1. The third kappa shape index (κ3) is 4.74. The predicted octanol–water partition coefficient (Wildman–Crippen LogP) is 2.03. The molecule has 0 aromatic heterocycles. The number of amides is 1. The van der Waals surface area contributed by atoms with Crippen LogP contribution in [0.4, 0.5) is 5.69 Å². The third-order valence-electron chi connectivity index (χ3n) is 4.51. The van der Waals surface area contributed by atoms with Crippen LogP contribution >= 0.6 is 0 Å². The van der Waals surface area contributed by atoms with Crippen molar-refractivity contribution in [1.82, 2.24) is 4.31 Å². The Morgan fingerprint density at radius 1 is 1.21 bits per heavy atom.